The van der Waals surface area contributed by atoms with Gasteiger partial charge in [0.1, 0.15) is 24.2 Å². The van der Waals surface area contributed by atoms with Crippen LogP contribution in [0.1, 0.15) is 34.8 Å². The molecular weight excluding hydrogens is 451 g/mol. The fraction of sp³-hybridized carbons (Fsp3) is 0.346. The molecule has 9 heteroatoms. The van der Waals surface area contributed by atoms with Gasteiger partial charge in [-0.25, -0.2) is 9.18 Å². The molecule has 1 aliphatic heterocycles. The summed E-state index contributed by atoms with van der Waals surface area (Å²) in [4.78, 5) is 33.6. The quantitative estimate of drug-likeness (QED) is 0.414. The molecule has 2 aromatic carbocycles. The molecule has 5 rings (SSSR count). The Morgan fingerprint density at radius 2 is 1.86 bits per heavy atom. The summed E-state index contributed by atoms with van der Waals surface area (Å²) in [5.41, 5.74) is 1.88. The van der Waals surface area contributed by atoms with Crippen LogP contribution in [0, 0.1) is 5.82 Å². The molecule has 0 unspecified atom stereocenters. The molecule has 1 aromatic heterocycles. The monoisotopic (exact) mass is 478 g/mol. The van der Waals surface area contributed by atoms with Crippen LogP contribution >= 0.6 is 0 Å². The minimum atomic E-state index is -1.29. The van der Waals surface area contributed by atoms with Crippen molar-refractivity contribution in [1.82, 2.24) is 9.47 Å². The molecule has 0 amide bonds. The Hall–Kier alpha value is -3.72. The molecule has 3 aromatic rings. The first-order chi connectivity index (χ1) is 17.0. The Kier molecular flexibility index (Phi) is 6.25. The van der Waals surface area contributed by atoms with E-state index in [1.165, 1.54) is 19.4 Å². The zero-order valence-corrected chi connectivity index (χ0v) is 19.5. The van der Waals surface area contributed by atoms with Gasteiger partial charge in [0.2, 0.25) is 5.43 Å². The van der Waals surface area contributed by atoms with E-state index < -0.39 is 17.2 Å². The van der Waals surface area contributed by atoms with Gasteiger partial charge in [0.15, 0.2) is 0 Å². The van der Waals surface area contributed by atoms with Crippen LogP contribution in [0.3, 0.4) is 0 Å². The maximum absolute atomic E-state index is 15.2. The predicted octanol–water partition coefficient (Wildman–Crippen LogP) is 3.35. The molecule has 1 saturated carbocycles. The molecule has 182 valence electrons. The number of fused-ring (bicyclic) bond motifs is 1. The number of rotatable bonds is 7. The van der Waals surface area contributed by atoms with Crippen molar-refractivity contribution in [2.24, 2.45) is 5.16 Å². The van der Waals surface area contributed by atoms with Gasteiger partial charge in [-0.3, -0.25) is 9.69 Å². The zero-order chi connectivity index (χ0) is 24.5. The number of oxime groups is 1. The minimum Gasteiger partial charge on any atom is -0.477 e. The van der Waals surface area contributed by atoms with Gasteiger partial charge < -0.3 is 19.4 Å². The van der Waals surface area contributed by atoms with Crippen LogP contribution in [-0.2, 0) is 4.84 Å². The number of carboxylic acid groups (broad SMARTS) is 1. The van der Waals surface area contributed by atoms with Crippen LogP contribution in [0.25, 0.3) is 10.9 Å². The SMILES string of the molecule is CO/N=C(\CN1CCN(c2cc3c(cc2F)c(=O)c(C(=O)O)cn3C2CC2)CC1)c1ccccc1. The first kappa shape index (κ1) is 23.0. The normalized spacial score (nSPS) is 17.1. The molecule has 2 heterocycles. The summed E-state index contributed by atoms with van der Waals surface area (Å²) >= 11 is 0. The second-order valence-electron chi connectivity index (χ2n) is 8.99. The largest absolute Gasteiger partial charge is 0.477 e. The van der Waals surface area contributed by atoms with E-state index in [2.05, 4.69) is 10.1 Å². The summed E-state index contributed by atoms with van der Waals surface area (Å²) in [6, 6.07) is 12.9. The van der Waals surface area contributed by atoms with Crippen molar-refractivity contribution in [1.29, 1.82) is 0 Å². The van der Waals surface area contributed by atoms with E-state index in [-0.39, 0.29) is 17.0 Å². The summed E-state index contributed by atoms with van der Waals surface area (Å²) in [5.74, 6) is -1.81. The third-order valence-electron chi connectivity index (χ3n) is 6.67. The highest BCUT2D eigenvalue weighted by atomic mass is 19.1. The number of anilines is 1. The van der Waals surface area contributed by atoms with E-state index in [0.717, 1.165) is 24.1 Å². The number of aromatic nitrogens is 1. The molecule has 0 spiro atoms. The minimum absolute atomic E-state index is 0.111. The molecule has 35 heavy (non-hydrogen) atoms. The van der Waals surface area contributed by atoms with Crippen molar-refractivity contribution in [3.05, 3.63) is 75.8 Å². The Morgan fingerprint density at radius 3 is 2.49 bits per heavy atom. The number of hydrogen-bond acceptors (Lipinski definition) is 6. The summed E-state index contributed by atoms with van der Waals surface area (Å²) in [5, 5.41) is 13.7. The van der Waals surface area contributed by atoms with Crippen molar-refractivity contribution in [2.75, 3.05) is 44.7 Å². The van der Waals surface area contributed by atoms with Crippen molar-refractivity contribution in [3.63, 3.8) is 0 Å². The first-order valence-electron chi connectivity index (χ1n) is 11.7. The van der Waals surface area contributed by atoms with E-state index in [0.29, 0.717) is 43.9 Å². The van der Waals surface area contributed by atoms with E-state index in [9.17, 15) is 14.7 Å². The van der Waals surface area contributed by atoms with Gasteiger partial charge in [0, 0.05) is 55.9 Å². The maximum atomic E-state index is 15.2. The number of nitrogens with zero attached hydrogens (tertiary/aromatic N) is 4. The molecule has 2 fully saturated rings. The summed E-state index contributed by atoms with van der Waals surface area (Å²) < 4.78 is 17.0. The van der Waals surface area contributed by atoms with E-state index in [1.807, 2.05) is 39.8 Å². The smallest absolute Gasteiger partial charge is 0.341 e. The van der Waals surface area contributed by atoms with Gasteiger partial charge in [0.25, 0.3) is 0 Å². The lowest BCUT2D eigenvalue weighted by Gasteiger charge is -2.36. The second-order valence-corrected chi connectivity index (χ2v) is 8.99. The Labute approximate surface area is 201 Å². The van der Waals surface area contributed by atoms with Crippen LogP contribution in [0.15, 0.2) is 58.6 Å². The molecule has 1 aliphatic carbocycles. The van der Waals surface area contributed by atoms with Gasteiger partial charge in [-0.2, -0.15) is 0 Å². The lowest BCUT2D eigenvalue weighted by molar-refractivity contribution is 0.0695. The standard InChI is InChI=1S/C26H27FN4O4/c1-35-28-22(17-5-3-2-4-6-17)16-29-9-11-30(12-10-29)24-14-23-19(13-21(24)27)25(32)20(26(33)34)15-31(23)18-7-8-18/h2-6,13-15,18H,7-12,16H2,1H3,(H,33,34)/b28-22+. The molecule has 1 saturated heterocycles. The number of benzene rings is 2. The predicted molar refractivity (Wildman–Crippen MR) is 132 cm³/mol. The van der Waals surface area contributed by atoms with Crippen LogP contribution < -0.4 is 10.3 Å². The maximum Gasteiger partial charge on any atom is 0.341 e. The van der Waals surface area contributed by atoms with Crippen molar-refractivity contribution in [2.45, 2.75) is 18.9 Å². The van der Waals surface area contributed by atoms with Crippen LogP contribution in [-0.4, -0.2) is 66.1 Å². The van der Waals surface area contributed by atoms with E-state index >= 15 is 4.39 Å². The second kappa shape index (κ2) is 9.50. The lowest BCUT2D eigenvalue weighted by atomic mass is 10.1. The lowest BCUT2D eigenvalue weighted by Crippen LogP contribution is -2.48. The van der Waals surface area contributed by atoms with E-state index in [4.69, 9.17) is 4.84 Å². The van der Waals surface area contributed by atoms with Gasteiger partial charge in [-0.1, -0.05) is 35.5 Å². The topological polar surface area (TPSA) is 87.4 Å². The molecular formula is C26H27FN4O4. The number of aromatic carboxylic acids is 1. The third kappa shape index (κ3) is 4.64. The summed E-state index contributed by atoms with van der Waals surface area (Å²) in [6.07, 6.45) is 3.23. The Bertz CT molecular complexity index is 1340. The fourth-order valence-corrected chi connectivity index (χ4v) is 4.68. The number of pyridine rings is 1. The molecule has 0 bridgehead atoms. The highest BCUT2D eigenvalue weighted by Crippen LogP contribution is 2.38. The number of carbonyl (C=O) groups is 1. The van der Waals surface area contributed by atoms with Crippen molar-refractivity contribution >= 4 is 28.3 Å². The summed E-state index contributed by atoms with van der Waals surface area (Å²) in [7, 11) is 1.53. The number of hydrogen-bond donors (Lipinski definition) is 1. The zero-order valence-electron chi connectivity index (χ0n) is 19.5. The molecule has 0 atom stereocenters. The average Bonchev–Trinajstić information content (AvgIpc) is 3.70. The number of carboxylic acids is 1. The Balaban J connectivity index is 1.38. The van der Waals surface area contributed by atoms with E-state index in [1.54, 1.807) is 6.07 Å². The fourth-order valence-electron chi connectivity index (χ4n) is 4.68. The summed E-state index contributed by atoms with van der Waals surface area (Å²) in [6.45, 7) is 3.25. The van der Waals surface area contributed by atoms with Crippen molar-refractivity contribution < 1.29 is 19.1 Å². The van der Waals surface area contributed by atoms with Crippen LogP contribution in [0.5, 0.6) is 0 Å². The average molecular weight is 479 g/mol. The molecule has 2 aliphatic rings. The van der Waals surface area contributed by atoms with Crippen LogP contribution in [0.2, 0.25) is 0 Å². The van der Waals surface area contributed by atoms with Gasteiger partial charge in [-0.15, -0.1) is 0 Å². The number of piperazine rings is 1. The van der Waals surface area contributed by atoms with Crippen molar-refractivity contribution in [3.8, 4) is 0 Å². The highest BCUT2D eigenvalue weighted by Gasteiger charge is 2.28. The molecule has 8 nitrogen and oxygen atoms in total. The molecule has 0 radical (unpaired) electrons. The first-order valence-corrected chi connectivity index (χ1v) is 11.7. The third-order valence-corrected chi connectivity index (χ3v) is 6.67. The van der Waals surface area contributed by atoms with Crippen LogP contribution in [0.4, 0.5) is 10.1 Å². The Morgan fingerprint density at radius 1 is 1.14 bits per heavy atom. The molecule has 1 N–H and O–H groups in total. The van der Waals surface area contributed by atoms with Gasteiger partial charge in [0.05, 0.1) is 11.2 Å². The highest BCUT2D eigenvalue weighted by molar-refractivity contribution is 6.01. The van der Waals surface area contributed by atoms with Gasteiger partial charge >= 0.3 is 5.97 Å². The number of halogens is 1. The van der Waals surface area contributed by atoms with Gasteiger partial charge in [-0.05, 0) is 25.0 Å².